The quantitative estimate of drug-likeness (QED) is 0.630. The van der Waals surface area contributed by atoms with Crippen LogP contribution >= 0.6 is 12.4 Å². The molecule has 3 rings (SSSR count). The summed E-state index contributed by atoms with van der Waals surface area (Å²) >= 11 is 0. The Kier molecular flexibility index (Phi) is 8.58. The molecule has 31 heavy (non-hydrogen) atoms. The molecule has 6 nitrogen and oxygen atoms in total. The molecule has 166 valence electrons. The first-order valence-corrected chi connectivity index (χ1v) is 9.40. The molecular weight excluding hydrogens is 433 g/mol. The minimum atomic E-state index is -1.29. The lowest BCUT2D eigenvalue weighted by atomic mass is 10.0. The van der Waals surface area contributed by atoms with Crippen molar-refractivity contribution < 1.29 is 22.8 Å². The average molecular weight is 455 g/mol. The summed E-state index contributed by atoms with van der Waals surface area (Å²) in [6, 6.07) is 8.82. The molecule has 2 amide bonds. The second-order valence-electron chi connectivity index (χ2n) is 7.02. The summed E-state index contributed by atoms with van der Waals surface area (Å²) in [6.45, 7) is 0.313. The Morgan fingerprint density at radius 1 is 1.13 bits per heavy atom. The summed E-state index contributed by atoms with van der Waals surface area (Å²) in [4.78, 5) is 25.0. The Morgan fingerprint density at radius 3 is 2.52 bits per heavy atom. The molecular formula is C21H22ClF3N4O2. The van der Waals surface area contributed by atoms with Crippen LogP contribution in [0.15, 0.2) is 47.6 Å². The van der Waals surface area contributed by atoms with Crippen LogP contribution in [0.2, 0.25) is 0 Å². The van der Waals surface area contributed by atoms with Gasteiger partial charge in [-0.1, -0.05) is 30.3 Å². The second-order valence-corrected chi connectivity index (χ2v) is 7.02. The van der Waals surface area contributed by atoms with Gasteiger partial charge in [-0.3, -0.25) is 9.59 Å². The molecule has 0 saturated heterocycles. The van der Waals surface area contributed by atoms with Gasteiger partial charge in [0.25, 0.3) is 0 Å². The third-order valence-electron chi connectivity index (χ3n) is 4.71. The smallest absolute Gasteiger partial charge is 0.245 e. The molecule has 2 atom stereocenters. The van der Waals surface area contributed by atoms with Crippen LogP contribution in [0.25, 0.3) is 0 Å². The number of hydrogen-bond donors (Lipinski definition) is 2. The van der Waals surface area contributed by atoms with E-state index in [0.717, 1.165) is 16.6 Å². The third kappa shape index (κ3) is 6.28. The number of nitrogens with two attached hydrogens (primary N) is 1. The number of carbonyl (C=O) groups excluding carboxylic acids is 2. The number of nitrogens with zero attached hydrogens (tertiary/aromatic N) is 2. The number of hydrogen-bond acceptors (Lipinski definition) is 4. The zero-order valence-electron chi connectivity index (χ0n) is 16.4. The fraction of sp³-hybridized carbons (Fsp3) is 0.286. The molecule has 0 saturated carbocycles. The van der Waals surface area contributed by atoms with E-state index in [2.05, 4.69) is 10.4 Å². The van der Waals surface area contributed by atoms with E-state index >= 15 is 0 Å². The molecule has 2 aromatic carbocycles. The lowest BCUT2D eigenvalue weighted by Crippen LogP contribution is -2.46. The van der Waals surface area contributed by atoms with Crippen LogP contribution in [0, 0.1) is 17.5 Å². The minimum absolute atomic E-state index is 0. The van der Waals surface area contributed by atoms with E-state index in [4.69, 9.17) is 5.73 Å². The van der Waals surface area contributed by atoms with Gasteiger partial charge >= 0.3 is 0 Å². The molecule has 1 unspecified atom stereocenters. The fourth-order valence-electron chi connectivity index (χ4n) is 3.17. The Labute approximate surface area is 183 Å². The molecule has 0 fully saturated rings. The van der Waals surface area contributed by atoms with Crippen LogP contribution in [0.5, 0.6) is 0 Å². The van der Waals surface area contributed by atoms with Gasteiger partial charge in [0.2, 0.25) is 11.8 Å². The van der Waals surface area contributed by atoms with E-state index < -0.39 is 35.4 Å². The maximum Gasteiger partial charge on any atom is 0.245 e. The van der Waals surface area contributed by atoms with Crippen LogP contribution < -0.4 is 11.1 Å². The highest BCUT2D eigenvalue weighted by molar-refractivity contribution is 5.92. The summed E-state index contributed by atoms with van der Waals surface area (Å²) in [5, 5.41) is 7.78. The molecule has 10 heteroatoms. The summed E-state index contributed by atoms with van der Waals surface area (Å²) in [5.74, 6) is -4.29. The van der Waals surface area contributed by atoms with E-state index in [1.165, 1.54) is 6.21 Å². The molecule has 1 aliphatic heterocycles. The first kappa shape index (κ1) is 24.4. The van der Waals surface area contributed by atoms with Gasteiger partial charge in [-0.25, -0.2) is 18.2 Å². The van der Waals surface area contributed by atoms with Crippen molar-refractivity contribution in [3.05, 3.63) is 71.0 Å². The van der Waals surface area contributed by atoms with E-state index in [1.807, 2.05) is 30.3 Å². The van der Waals surface area contributed by atoms with Gasteiger partial charge < -0.3 is 11.1 Å². The van der Waals surface area contributed by atoms with Gasteiger partial charge in [0.15, 0.2) is 11.6 Å². The molecule has 0 bridgehead atoms. The highest BCUT2D eigenvalue weighted by Crippen LogP contribution is 2.18. The maximum absolute atomic E-state index is 13.8. The van der Waals surface area contributed by atoms with Crippen molar-refractivity contribution in [1.82, 2.24) is 10.3 Å². The summed E-state index contributed by atoms with van der Waals surface area (Å²) in [6.07, 6.45) is 1.32. The average Bonchev–Trinajstić information content (AvgIpc) is 3.21. The van der Waals surface area contributed by atoms with Crippen molar-refractivity contribution in [2.75, 3.05) is 0 Å². The lowest BCUT2D eigenvalue weighted by Gasteiger charge is -2.23. The SMILES string of the molecule is Cl.N[C@@H](CC(=O)N1N=CCC1C(=O)NCc1ccccc1)Cc1cc(F)c(F)cc1F. The van der Waals surface area contributed by atoms with Crippen LogP contribution in [0.3, 0.4) is 0 Å². The monoisotopic (exact) mass is 454 g/mol. The first-order valence-electron chi connectivity index (χ1n) is 9.40. The van der Waals surface area contributed by atoms with Crippen molar-refractivity contribution >= 4 is 30.4 Å². The summed E-state index contributed by atoms with van der Waals surface area (Å²) < 4.78 is 40.2. The fourth-order valence-corrected chi connectivity index (χ4v) is 3.17. The third-order valence-corrected chi connectivity index (χ3v) is 4.71. The number of halogens is 4. The summed E-state index contributed by atoms with van der Waals surface area (Å²) in [7, 11) is 0. The molecule has 0 aromatic heterocycles. The Morgan fingerprint density at radius 2 is 1.81 bits per heavy atom. The zero-order chi connectivity index (χ0) is 21.7. The largest absolute Gasteiger partial charge is 0.350 e. The number of amides is 2. The van der Waals surface area contributed by atoms with Gasteiger partial charge in [-0.15, -0.1) is 12.4 Å². The molecule has 1 aliphatic rings. The number of hydrazone groups is 1. The highest BCUT2D eigenvalue weighted by Gasteiger charge is 2.33. The van der Waals surface area contributed by atoms with Gasteiger partial charge in [-0.2, -0.15) is 5.10 Å². The molecule has 0 spiro atoms. The predicted octanol–water partition coefficient (Wildman–Crippen LogP) is 2.69. The molecule has 3 N–H and O–H groups in total. The second kappa shape index (κ2) is 10.9. The van der Waals surface area contributed by atoms with Crippen molar-refractivity contribution in [1.29, 1.82) is 0 Å². The van der Waals surface area contributed by atoms with Crippen LogP contribution in [0.4, 0.5) is 13.2 Å². The Hall–Kier alpha value is -2.91. The maximum atomic E-state index is 13.8. The number of rotatable bonds is 7. The molecule has 2 aromatic rings. The standard InChI is InChI=1S/C21H21F3N4O2.ClH/c22-16-11-18(24)17(23)9-14(16)8-15(25)10-20(29)28-19(6-7-27-28)21(30)26-12-13-4-2-1-3-5-13;/h1-5,7,9,11,15,19H,6,8,10,12,25H2,(H,26,30);1H/t15-,19?;/m1./s1. The minimum Gasteiger partial charge on any atom is -0.350 e. The van der Waals surface area contributed by atoms with Crippen molar-refractivity contribution in [2.45, 2.75) is 37.9 Å². The van der Waals surface area contributed by atoms with E-state index in [-0.39, 0.29) is 43.1 Å². The van der Waals surface area contributed by atoms with E-state index in [9.17, 15) is 22.8 Å². The van der Waals surface area contributed by atoms with Gasteiger partial charge in [0.05, 0.1) is 0 Å². The topological polar surface area (TPSA) is 87.8 Å². The normalized spacial score (nSPS) is 16.0. The van der Waals surface area contributed by atoms with Crippen LogP contribution in [0.1, 0.15) is 24.0 Å². The summed E-state index contributed by atoms with van der Waals surface area (Å²) in [5.41, 5.74) is 6.69. The number of nitrogens with one attached hydrogen (secondary N) is 1. The van der Waals surface area contributed by atoms with Crippen LogP contribution in [-0.2, 0) is 22.6 Å². The van der Waals surface area contributed by atoms with Crippen molar-refractivity contribution in [3.63, 3.8) is 0 Å². The predicted molar refractivity (Wildman–Crippen MR) is 112 cm³/mol. The van der Waals surface area contributed by atoms with Crippen molar-refractivity contribution in [3.8, 4) is 0 Å². The highest BCUT2D eigenvalue weighted by atomic mass is 35.5. The van der Waals surface area contributed by atoms with E-state index in [1.54, 1.807) is 0 Å². The van der Waals surface area contributed by atoms with Gasteiger partial charge in [0.1, 0.15) is 11.9 Å². The van der Waals surface area contributed by atoms with Crippen molar-refractivity contribution in [2.24, 2.45) is 10.8 Å². The van der Waals surface area contributed by atoms with E-state index in [0.29, 0.717) is 12.6 Å². The Balaban J connectivity index is 0.00000341. The molecule has 0 aliphatic carbocycles. The number of carbonyl (C=O) groups is 2. The Bertz CT molecular complexity index is 959. The van der Waals surface area contributed by atoms with Gasteiger partial charge in [0, 0.05) is 37.7 Å². The molecule has 1 heterocycles. The molecule has 0 radical (unpaired) electrons. The number of benzene rings is 2. The van der Waals surface area contributed by atoms with Gasteiger partial charge in [-0.05, 0) is 23.6 Å². The lowest BCUT2D eigenvalue weighted by molar-refractivity contribution is -0.139. The zero-order valence-corrected chi connectivity index (χ0v) is 17.2. The van der Waals surface area contributed by atoms with Crippen LogP contribution in [-0.4, -0.2) is 35.1 Å². The first-order chi connectivity index (χ1) is 14.3.